The van der Waals surface area contributed by atoms with Gasteiger partial charge in [-0.25, -0.2) is 0 Å². The van der Waals surface area contributed by atoms with Gasteiger partial charge in [0.15, 0.2) is 0 Å². The Morgan fingerprint density at radius 2 is 1.71 bits per heavy atom. The summed E-state index contributed by atoms with van der Waals surface area (Å²) in [7, 11) is 0. The van der Waals surface area contributed by atoms with Crippen LogP contribution in [0.15, 0.2) is 48.6 Å². The first-order valence-corrected chi connectivity index (χ1v) is 15.3. The maximum absolute atomic E-state index is 13.3. The first kappa shape index (κ1) is 26.5. The fourth-order valence-electron chi connectivity index (χ4n) is 8.17. The monoisotopic (exact) mass is 522 g/mol. The van der Waals surface area contributed by atoms with Crippen molar-refractivity contribution >= 4 is 5.91 Å². The van der Waals surface area contributed by atoms with E-state index in [1.165, 1.54) is 25.7 Å². The topological polar surface area (TPSA) is 62.2 Å². The molecule has 1 aliphatic carbocycles. The first-order chi connectivity index (χ1) is 18.6. The second-order valence-corrected chi connectivity index (χ2v) is 12.4. The number of nitrogens with zero attached hydrogens (tertiary/aromatic N) is 2. The second-order valence-electron chi connectivity index (χ2n) is 12.4. The van der Waals surface area contributed by atoms with Crippen LogP contribution in [0, 0.1) is 17.3 Å². The van der Waals surface area contributed by atoms with Gasteiger partial charge in [0.2, 0.25) is 5.91 Å². The van der Waals surface area contributed by atoms with Gasteiger partial charge in [-0.1, -0.05) is 61.4 Å². The van der Waals surface area contributed by atoms with Crippen LogP contribution in [-0.2, 0) is 14.3 Å². The van der Waals surface area contributed by atoms with E-state index in [0.29, 0.717) is 18.4 Å². The predicted octanol–water partition coefficient (Wildman–Crippen LogP) is 5.11. The zero-order chi connectivity index (χ0) is 26.0. The Morgan fingerprint density at radius 1 is 0.842 bits per heavy atom. The molecular formula is C32H46N2O4. The number of aliphatic hydroxyl groups is 1. The molecule has 1 spiro atoms. The van der Waals surface area contributed by atoms with Crippen LogP contribution in [0.3, 0.4) is 0 Å². The van der Waals surface area contributed by atoms with E-state index in [2.05, 4.69) is 47.4 Å². The summed E-state index contributed by atoms with van der Waals surface area (Å²) >= 11 is 0. The normalized spacial score (nSPS) is 45.0. The zero-order valence-electron chi connectivity index (χ0n) is 22.8. The van der Waals surface area contributed by atoms with Crippen LogP contribution in [0.4, 0.5) is 0 Å². The van der Waals surface area contributed by atoms with Crippen LogP contribution in [0.25, 0.3) is 0 Å². The quantitative estimate of drug-likeness (QED) is 0.448. The number of carbonyl (C=O) groups excluding carboxylic acids is 1. The number of piperidine rings is 2. The maximum Gasteiger partial charge on any atom is 0.227 e. The Hall–Kier alpha value is -1.73. The highest BCUT2D eigenvalue weighted by Gasteiger charge is 2.57. The minimum Gasteiger partial charge on any atom is -0.388 e. The van der Waals surface area contributed by atoms with E-state index >= 15 is 0 Å². The number of amides is 1. The third-order valence-corrected chi connectivity index (χ3v) is 10.2. The molecule has 4 bridgehead atoms. The van der Waals surface area contributed by atoms with Crippen molar-refractivity contribution in [1.82, 2.24) is 9.80 Å². The van der Waals surface area contributed by atoms with Gasteiger partial charge < -0.3 is 19.5 Å². The van der Waals surface area contributed by atoms with Crippen molar-refractivity contribution in [3.05, 3.63) is 48.6 Å². The number of hydrogen-bond acceptors (Lipinski definition) is 5. The number of ether oxygens (including phenoxy) is 2. The fraction of sp³-hybridized carbons (Fsp3) is 0.719. The Balaban J connectivity index is 1.25. The average molecular weight is 523 g/mol. The van der Waals surface area contributed by atoms with Crippen LogP contribution in [-0.4, -0.2) is 71.2 Å². The molecule has 4 saturated heterocycles. The van der Waals surface area contributed by atoms with E-state index in [1.807, 2.05) is 11.0 Å². The first-order valence-electron chi connectivity index (χ1n) is 15.3. The summed E-state index contributed by atoms with van der Waals surface area (Å²) in [4.78, 5) is 17.8. The van der Waals surface area contributed by atoms with Crippen LogP contribution < -0.4 is 0 Å². The highest BCUT2D eigenvalue weighted by atomic mass is 16.5. The molecule has 1 amide bonds. The summed E-state index contributed by atoms with van der Waals surface area (Å²) in [5.41, 5.74) is -0.488. The van der Waals surface area contributed by atoms with Gasteiger partial charge >= 0.3 is 0 Å². The molecule has 6 nitrogen and oxygen atoms in total. The summed E-state index contributed by atoms with van der Waals surface area (Å²) in [6.07, 6.45) is 28.8. The highest BCUT2D eigenvalue weighted by Crippen LogP contribution is 2.52. The minimum atomic E-state index is -0.614. The Bertz CT molecular complexity index is 959. The molecule has 6 aliphatic rings. The molecule has 0 aromatic heterocycles. The van der Waals surface area contributed by atoms with Crippen molar-refractivity contribution in [3.63, 3.8) is 0 Å². The molecule has 4 fully saturated rings. The van der Waals surface area contributed by atoms with Gasteiger partial charge in [-0.2, -0.15) is 0 Å². The number of hydrogen-bond donors (Lipinski definition) is 1. The van der Waals surface area contributed by atoms with Crippen molar-refractivity contribution in [2.24, 2.45) is 17.3 Å². The molecule has 208 valence electrons. The number of allylic oxidation sites excluding steroid dienone is 6. The van der Waals surface area contributed by atoms with Gasteiger partial charge in [-0.3, -0.25) is 9.69 Å². The van der Waals surface area contributed by atoms with E-state index in [4.69, 9.17) is 9.47 Å². The lowest BCUT2D eigenvalue weighted by Crippen LogP contribution is -2.66. The summed E-state index contributed by atoms with van der Waals surface area (Å²) < 4.78 is 13.5. The van der Waals surface area contributed by atoms with E-state index in [1.54, 1.807) is 0 Å². The largest absolute Gasteiger partial charge is 0.388 e. The SMILES string of the molecule is O=C1C[C@H]2CCCC[C@H]3CC[C@H]4CCCN(C\C=C/C=C\C=C\[C@H]5CC=C[C@@H](O)[C@]56CCCN1[C@H]6O2)[C@H]4O3. The number of carbonyl (C=O) groups is 1. The van der Waals surface area contributed by atoms with Gasteiger partial charge in [-0.15, -0.1) is 0 Å². The van der Waals surface area contributed by atoms with Gasteiger partial charge in [0.25, 0.3) is 0 Å². The smallest absolute Gasteiger partial charge is 0.227 e. The van der Waals surface area contributed by atoms with Gasteiger partial charge in [-0.05, 0) is 69.6 Å². The Labute approximate surface area is 228 Å². The van der Waals surface area contributed by atoms with E-state index in [-0.39, 0.29) is 30.4 Å². The van der Waals surface area contributed by atoms with Crippen LogP contribution in [0.2, 0.25) is 0 Å². The number of fused-ring (bicyclic) bond motifs is 2. The van der Waals surface area contributed by atoms with Crippen molar-refractivity contribution in [2.45, 2.75) is 108 Å². The molecule has 5 heterocycles. The van der Waals surface area contributed by atoms with E-state index in [0.717, 1.165) is 64.6 Å². The van der Waals surface area contributed by atoms with Crippen molar-refractivity contribution in [1.29, 1.82) is 0 Å². The van der Waals surface area contributed by atoms with Crippen LogP contribution in [0.1, 0.15) is 77.0 Å². The zero-order valence-corrected chi connectivity index (χ0v) is 22.8. The molecule has 0 saturated carbocycles. The van der Waals surface area contributed by atoms with E-state index < -0.39 is 11.5 Å². The molecule has 5 aliphatic heterocycles. The molecule has 0 unspecified atom stereocenters. The van der Waals surface area contributed by atoms with Crippen molar-refractivity contribution < 1.29 is 19.4 Å². The third kappa shape index (κ3) is 5.22. The Kier molecular flexibility index (Phi) is 8.22. The minimum absolute atomic E-state index is 0.0671. The summed E-state index contributed by atoms with van der Waals surface area (Å²) in [6.45, 7) is 2.79. The summed E-state index contributed by atoms with van der Waals surface area (Å²) in [5.74, 6) is 0.994. The second kappa shape index (κ2) is 11.8. The van der Waals surface area contributed by atoms with Crippen LogP contribution >= 0.6 is 0 Å². The van der Waals surface area contributed by atoms with Crippen molar-refractivity contribution in [3.8, 4) is 0 Å². The summed E-state index contributed by atoms with van der Waals surface area (Å²) in [6, 6.07) is 0. The Morgan fingerprint density at radius 3 is 2.63 bits per heavy atom. The fourth-order valence-corrected chi connectivity index (χ4v) is 8.17. The standard InChI is InChI=1S/C32H46N2O4/c35-28-16-8-13-25-12-4-2-1-3-7-20-33-21-9-11-24-17-18-26(37-30(24)33)14-5-6-15-27-23-29(36)34-22-10-19-32(25,28)31(34)38-27/h1-4,7-8,12,16,24-28,30-31,35H,5-6,9-11,13-15,17-23H2/b2-1-,7-3-,12-4+/t24-,25+,26+,27-,28-,30+,31+,32+/m1/s1. The number of rotatable bonds is 0. The molecule has 38 heavy (non-hydrogen) atoms. The molecule has 6 rings (SSSR count). The molecular weight excluding hydrogens is 476 g/mol. The summed E-state index contributed by atoms with van der Waals surface area (Å²) in [5, 5.41) is 11.4. The van der Waals surface area contributed by atoms with Gasteiger partial charge in [0.1, 0.15) is 12.5 Å². The van der Waals surface area contributed by atoms with Crippen LogP contribution in [0.5, 0.6) is 0 Å². The van der Waals surface area contributed by atoms with Gasteiger partial charge in [0, 0.05) is 19.6 Å². The maximum atomic E-state index is 13.3. The molecule has 0 aromatic carbocycles. The molecule has 0 radical (unpaired) electrons. The molecule has 1 N–H and O–H groups in total. The predicted molar refractivity (Wildman–Crippen MR) is 148 cm³/mol. The van der Waals surface area contributed by atoms with Gasteiger partial charge in [0.05, 0.1) is 30.1 Å². The van der Waals surface area contributed by atoms with Crippen molar-refractivity contribution in [2.75, 3.05) is 19.6 Å². The lowest BCUT2D eigenvalue weighted by atomic mass is 9.61. The lowest BCUT2D eigenvalue weighted by molar-refractivity contribution is -0.241. The number of aliphatic hydroxyl groups excluding tert-OH is 1. The lowest BCUT2D eigenvalue weighted by Gasteiger charge is -2.57. The highest BCUT2D eigenvalue weighted by molar-refractivity contribution is 5.78. The molecule has 8 atom stereocenters. The third-order valence-electron chi connectivity index (χ3n) is 10.2. The van der Waals surface area contributed by atoms with E-state index in [9.17, 15) is 9.90 Å². The average Bonchev–Trinajstić information content (AvgIpc) is 2.93. The molecule has 6 heteroatoms. The molecule has 0 aromatic rings.